The second-order valence-electron chi connectivity index (χ2n) is 2.82. The van der Waals surface area contributed by atoms with E-state index in [4.69, 9.17) is 0 Å². The highest BCUT2D eigenvalue weighted by molar-refractivity contribution is 7.89. The van der Waals surface area contributed by atoms with Gasteiger partial charge in [-0.1, -0.05) is 6.92 Å². The van der Waals surface area contributed by atoms with Gasteiger partial charge in [0.15, 0.2) is 0 Å². The minimum atomic E-state index is -4.39. The lowest BCUT2D eigenvalue weighted by Gasteiger charge is -2.36. The third-order valence-corrected chi connectivity index (χ3v) is 3.69. The highest BCUT2D eigenvalue weighted by atomic mass is 32.2. The maximum absolute atomic E-state index is 12.1. The van der Waals surface area contributed by atoms with Crippen molar-refractivity contribution in [2.45, 2.75) is 18.7 Å². The van der Waals surface area contributed by atoms with Crippen molar-refractivity contribution < 1.29 is 17.2 Å². The van der Waals surface area contributed by atoms with Crippen molar-refractivity contribution in [1.29, 1.82) is 0 Å². The van der Waals surface area contributed by atoms with Gasteiger partial charge in [-0.2, -0.15) is 13.1 Å². The molecule has 1 rings (SSSR count). The van der Waals surface area contributed by atoms with Gasteiger partial charge in [0.05, 0.1) is 0 Å². The number of likely N-dealkylation sites (N-methyl/N-ethyl adjacent to an activating group) is 1. The largest absolute Gasteiger partial charge is 0.350 e. The summed E-state index contributed by atoms with van der Waals surface area (Å²) in [7, 11) is -4.39. The number of sulfonamides is 1. The van der Waals surface area contributed by atoms with Crippen LogP contribution in [0.15, 0.2) is 0 Å². The van der Waals surface area contributed by atoms with E-state index in [0.717, 1.165) is 4.31 Å². The molecule has 1 aliphatic heterocycles. The standard InChI is InChI=1S/C6H12F2N2O2S/c1-2-10(5-3-9-4-5)13(11,12)6(7)8/h5-6,9H,2-4H2,1H3. The molecule has 4 nitrogen and oxygen atoms in total. The molecule has 0 spiro atoms. The summed E-state index contributed by atoms with van der Waals surface area (Å²) in [4.78, 5) is 0. The van der Waals surface area contributed by atoms with Crippen LogP contribution >= 0.6 is 0 Å². The van der Waals surface area contributed by atoms with Crippen molar-refractivity contribution in [1.82, 2.24) is 9.62 Å². The number of nitrogens with zero attached hydrogens (tertiary/aromatic N) is 1. The van der Waals surface area contributed by atoms with Crippen LogP contribution in [-0.2, 0) is 10.0 Å². The van der Waals surface area contributed by atoms with E-state index in [1.54, 1.807) is 6.92 Å². The lowest BCUT2D eigenvalue weighted by atomic mass is 10.2. The van der Waals surface area contributed by atoms with Crippen LogP contribution in [0.5, 0.6) is 0 Å². The third kappa shape index (κ3) is 1.97. The predicted octanol–water partition coefficient (Wildman–Crippen LogP) is -0.167. The molecule has 1 heterocycles. The quantitative estimate of drug-likeness (QED) is 0.707. The van der Waals surface area contributed by atoms with E-state index in [-0.39, 0.29) is 12.6 Å². The number of rotatable bonds is 4. The van der Waals surface area contributed by atoms with Gasteiger partial charge in [-0.15, -0.1) is 0 Å². The Labute approximate surface area is 76.0 Å². The van der Waals surface area contributed by atoms with Crippen molar-refractivity contribution in [3.8, 4) is 0 Å². The van der Waals surface area contributed by atoms with Crippen LogP contribution in [0, 0.1) is 0 Å². The Balaban J connectivity index is 2.75. The second-order valence-corrected chi connectivity index (χ2v) is 4.68. The number of hydrogen-bond acceptors (Lipinski definition) is 3. The molecule has 0 bridgehead atoms. The first-order valence-corrected chi connectivity index (χ1v) is 5.50. The first-order valence-electron chi connectivity index (χ1n) is 3.99. The smallest absolute Gasteiger partial charge is 0.313 e. The molecule has 0 saturated carbocycles. The monoisotopic (exact) mass is 214 g/mol. The minimum absolute atomic E-state index is 0.0962. The molecule has 7 heteroatoms. The maximum Gasteiger partial charge on any atom is 0.350 e. The van der Waals surface area contributed by atoms with Gasteiger partial charge in [-0.3, -0.25) is 0 Å². The Hall–Kier alpha value is -0.270. The fourth-order valence-electron chi connectivity index (χ4n) is 1.23. The SMILES string of the molecule is CCN(C1CNC1)S(=O)(=O)C(F)F. The average molecular weight is 214 g/mol. The van der Waals surface area contributed by atoms with Gasteiger partial charge in [0.25, 0.3) is 10.0 Å². The first kappa shape index (κ1) is 10.8. The highest BCUT2D eigenvalue weighted by Crippen LogP contribution is 2.16. The van der Waals surface area contributed by atoms with Gasteiger partial charge in [0.2, 0.25) is 0 Å². The molecule has 1 fully saturated rings. The molecular formula is C6H12F2N2O2S. The van der Waals surface area contributed by atoms with E-state index in [2.05, 4.69) is 5.32 Å². The molecule has 0 radical (unpaired) electrons. The number of halogens is 2. The number of nitrogens with one attached hydrogen (secondary N) is 1. The van der Waals surface area contributed by atoms with Crippen molar-refractivity contribution in [2.24, 2.45) is 0 Å². The first-order chi connectivity index (χ1) is 6.00. The number of hydrogen-bond donors (Lipinski definition) is 1. The van der Waals surface area contributed by atoms with Crippen molar-refractivity contribution in [3.63, 3.8) is 0 Å². The van der Waals surface area contributed by atoms with Gasteiger partial charge in [-0.05, 0) is 0 Å². The molecular weight excluding hydrogens is 202 g/mol. The summed E-state index contributed by atoms with van der Waals surface area (Å²) in [5.74, 6) is -3.31. The summed E-state index contributed by atoms with van der Waals surface area (Å²) in [6.07, 6.45) is 0. The molecule has 0 aromatic heterocycles. The molecule has 1 saturated heterocycles. The van der Waals surface area contributed by atoms with Crippen molar-refractivity contribution >= 4 is 10.0 Å². The zero-order valence-corrected chi connectivity index (χ0v) is 8.02. The van der Waals surface area contributed by atoms with E-state index < -0.39 is 15.8 Å². The summed E-state index contributed by atoms with van der Waals surface area (Å²) >= 11 is 0. The van der Waals surface area contributed by atoms with Crippen LogP contribution in [0.4, 0.5) is 8.78 Å². The zero-order chi connectivity index (χ0) is 10.1. The van der Waals surface area contributed by atoms with Crippen LogP contribution in [0.1, 0.15) is 6.92 Å². The summed E-state index contributed by atoms with van der Waals surface area (Å²) in [6.45, 7) is 2.57. The van der Waals surface area contributed by atoms with E-state index in [0.29, 0.717) is 13.1 Å². The Bertz CT molecular complexity index is 264. The fourth-order valence-corrected chi connectivity index (χ4v) is 2.35. The summed E-state index contributed by atoms with van der Waals surface area (Å²) in [5, 5.41) is 2.84. The Kier molecular flexibility index (Phi) is 3.20. The highest BCUT2D eigenvalue weighted by Gasteiger charge is 2.38. The van der Waals surface area contributed by atoms with E-state index >= 15 is 0 Å². The van der Waals surface area contributed by atoms with E-state index in [1.165, 1.54) is 0 Å². The predicted molar refractivity (Wildman–Crippen MR) is 44.0 cm³/mol. The lowest BCUT2D eigenvalue weighted by molar-refractivity contribution is 0.193. The van der Waals surface area contributed by atoms with E-state index in [9.17, 15) is 17.2 Å². The Morgan fingerprint density at radius 2 is 2.08 bits per heavy atom. The lowest BCUT2D eigenvalue weighted by Crippen LogP contribution is -2.59. The van der Waals surface area contributed by atoms with Gasteiger partial charge in [0.1, 0.15) is 0 Å². The minimum Gasteiger partial charge on any atom is -0.313 e. The zero-order valence-electron chi connectivity index (χ0n) is 7.20. The third-order valence-electron chi connectivity index (χ3n) is 2.03. The van der Waals surface area contributed by atoms with Crippen LogP contribution in [0.25, 0.3) is 0 Å². The fraction of sp³-hybridized carbons (Fsp3) is 1.00. The Morgan fingerprint density at radius 1 is 1.54 bits per heavy atom. The average Bonchev–Trinajstić information content (AvgIpc) is 1.95. The molecule has 1 N–H and O–H groups in total. The van der Waals surface area contributed by atoms with Crippen LogP contribution < -0.4 is 5.32 Å². The molecule has 0 aromatic rings. The van der Waals surface area contributed by atoms with Gasteiger partial charge in [-0.25, -0.2) is 8.42 Å². The van der Waals surface area contributed by atoms with Gasteiger partial charge >= 0.3 is 5.76 Å². The molecule has 13 heavy (non-hydrogen) atoms. The van der Waals surface area contributed by atoms with E-state index in [1.807, 2.05) is 0 Å². The maximum atomic E-state index is 12.1. The molecule has 0 atom stereocenters. The van der Waals surface area contributed by atoms with Gasteiger partial charge < -0.3 is 5.32 Å². The topological polar surface area (TPSA) is 49.4 Å². The molecule has 0 unspecified atom stereocenters. The van der Waals surface area contributed by atoms with Gasteiger partial charge in [0, 0.05) is 25.7 Å². The van der Waals surface area contributed by atoms with Crippen molar-refractivity contribution in [3.05, 3.63) is 0 Å². The summed E-state index contributed by atoms with van der Waals surface area (Å²) in [5.41, 5.74) is 0. The number of alkyl halides is 2. The van der Waals surface area contributed by atoms with Crippen LogP contribution in [0.2, 0.25) is 0 Å². The second kappa shape index (κ2) is 3.85. The molecule has 1 aliphatic rings. The van der Waals surface area contributed by atoms with Crippen molar-refractivity contribution in [2.75, 3.05) is 19.6 Å². The molecule has 78 valence electrons. The normalized spacial score (nSPS) is 19.5. The summed E-state index contributed by atoms with van der Waals surface area (Å²) in [6, 6.07) is -0.302. The Morgan fingerprint density at radius 3 is 2.31 bits per heavy atom. The molecule has 0 aliphatic carbocycles. The van der Waals surface area contributed by atoms with Crippen LogP contribution in [0.3, 0.4) is 0 Å². The summed E-state index contributed by atoms with van der Waals surface area (Å²) < 4.78 is 47.2. The van der Waals surface area contributed by atoms with Crippen LogP contribution in [-0.4, -0.2) is 44.2 Å². The molecule has 0 amide bonds. The molecule has 0 aromatic carbocycles.